The van der Waals surface area contributed by atoms with Crippen molar-refractivity contribution in [1.82, 2.24) is 15.0 Å². The van der Waals surface area contributed by atoms with Gasteiger partial charge in [-0.2, -0.15) is 5.10 Å². The summed E-state index contributed by atoms with van der Waals surface area (Å²) in [6.07, 6.45) is 0.243. The second-order valence-electron chi connectivity index (χ2n) is 6.84. The lowest BCUT2D eigenvalue weighted by Crippen LogP contribution is -2.33. The molecule has 2 heterocycles. The molecule has 0 saturated heterocycles. The number of aromatic nitrogens is 2. The molecule has 31 heavy (non-hydrogen) atoms. The summed E-state index contributed by atoms with van der Waals surface area (Å²) in [5.74, 6) is 0.106. The number of hydrogen-bond donors (Lipinski definition) is 4. The van der Waals surface area contributed by atoms with E-state index in [4.69, 9.17) is 9.47 Å². The maximum atomic E-state index is 12.5. The van der Waals surface area contributed by atoms with E-state index in [1.807, 2.05) is 0 Å². The van der Waals surface area contributed by atoms with Gasteiger partial charge >= 0.3 is 5.69 Å². The number of hydrogen-bond acceptors (Lipinski definition) is 8. The molecule has 1 aliphatic heterocycles. The molecule has 2 aromatic carbocycles. The predicted molar refractivity (Wildman–Crippen MR) is 113 cm³/mol. The Bertz CT molecular complexity index is 1290. The van der Waals surface area contributed by atoms with Gasteiger partial charge in [-0.1, -0.05) is 18.2 Å². The van der Waals surface area contributed by atoms with Crippen LogP contribution >= 0.6 is 0 Å². The van der Waals surface area contributed by atoms with Crippen LogP contribution in [0, 0.1) is 0 Å². The van der Waals surface area contributed by atoms with Gasteiger partial charge in [0.05, 0.1) is 31.7 Å². The quantitative estimate of drug-likeness (QED) is 0.486. The first kappa shape index (κ1) is 20.1. The smallest absolute Gasteiger partial charge is 0.335 e. The van der Waals surface area contributed by atoms with Crippen molar-refractivity contribution in [3.63, 3.8) is 0 Å². The number of nitrogens with one attached hydrogen (secondary N) is 2. The molecule has 0 amide bonds. The second kappa shape index (κ2) is 7.90. The molecule has 0 fully saturated rings. The molecule has 0 unspecified atom stereocenters. The van der Waals surface area contributed by atoms with Gasteiger partial charge in [0.1, 0.15) is 11.3 Å². The SMILES string of the molecule is COc1ccc([C@H]2CC(c3c(O)n(-c4ccccc4OC)c(=O)[nH]c3=O)=NN2)cc1O. The monoisotopic (exact) mass is 424 g/mol. The Labute approximate surface area is 176 Å². The number of rotatable bonds is 5. The molecular weight excluding hydrogens is 404 g/mol. The van der Waals surface area contributed by atoms with Crippen molar-refractivity contribution in [3.05, 3.63) is 74.4 Å². The molecule has 160 valence electrons. The highest BCUT2D eigenvalue weighted by Crippen LogP contribution is 2.33. The zero-order chi connectivity index (χ0) is 22.1. The fraction of sp³-hybridized carbons (Fsp3) is 0.190. The predicted octanol–water partition coefficient (Wildman–Crippen LogP) is 1.39. The van der Waals surface area contributed by atoms with Crippen LogP contribution in [0.15, 0.2) is 57.2 Å². The van der Waals surface area contributed by atoms with Crippen LogP contribution in [0.1, 0.15) is 23.6 Å². The van der Waals surface area contributed by atoms with Gasteiger partial charge in [0.25, 0.3) is 5.56 Å². The normalized spacial score (nSPS) is 15.3. The van der Waals surface area contributed by atoms with Crippen LogP contribution in [0.3, 0.4) is 0 Å². The lowest BCUT2D eigenvalue weighted by molar-refractivity contribution is 0.372. The van der Waals surface area contributed by atoms with E-state index in [0.29, 0.717) is 17.1 Å². The Morgan fingerprint density at radius 1 is 1.06 bits per heavy atom. The van der Waals surface area contributed by atoms with Crippen LogP contribution < -0.4 is 26.1 Å². The van der Waals surface area contributed by atoms with Crippen molar-refractivity contribution in [3.8, 4) is 28.8 Å². The number of para-hydroxylation sites is 2. The third-order valence-electron chi connectivity index (χ3n) is 5.06. The van der Waals surface area contributed by atoms with Crippen molar-refractivity contribution < 1.29 is 19.7 Å². The molecule has 1 aliphatic rings. The zero-order valence-corrected chi connectivity index (χ0v) is 16.7. The second-order valence-corrected chi connectivity index (χ2v) is 6.84. The lowest BCUT2D eigenvalue weighted by atomic mass is 9.99. The first-order chi connectivity index (χ1) is 14.9. The first-order valence-electron chi connectivity index (χ1n) is 9.35. The maximum absolute atomic E-state index is 12.5. The number of benzene rings is 2. The van der Waals surface area contributed by atoms with Crippen molar-refractivity contribution in [2.45, 2.75) is 12.5 Å². The highest BCUT2D eigenvalue weighted by Gasteiger charge is 2.28. The van der Waals surface area contributed by atoms with Crippen LogP contribution in [0.5, 0.6) is 23.1 Å². The number of H-pyrrole nitrogens is 1. The van der Waals surface area contributed by atoms with Crippen molar-refractivity contribution in [1.29, 1.82) is 0 Å². The summed E-state index contributed by atoms with van der Waals surface area (Å²) in [6.45, 7) is 0. The van der Waals surface area contributed by atoms with Crippen LogP contribution in [0.25, 0.3) is 5.69 Å². The number of phenols is 1. The van der Waals surface area contributed by atoms with Gasteiger partial charge in [0.15, 0.2) is 11.5 Å². The Hall–Kier alpha value is -4.21. The number of hydrazone groups is 1. The fourth-order valence-electron chi connectivity index (χ4n) is 3.54. The average Bonchev–Trinajstić information content (AvgIpc) is 3.23. The van der Waals surface area contributed by atoms with E-state index in [0.717, 1.165) is 4.57 Å². The number of phenolic OH excluding ortho intramolecular Hbond substituents is 1. The average molecular weight is 424 g/mol. The molecule has 4 rings (SSSR count). The Morgan fingerprint density at radius 2 is 1.81 bits per heavy atom. The van der Waals surface area contributed by atoms with Crippen molar-refractivity contribution >= 4 is 5.71 Å². The highest BCUT2D eigenvalue weighted by molar-refractivity contribution is 6.03. The number of ether oxygens (including phenoxy) is 2. The summed E-state index contributed by atoms with van der Waals surface area (Å²) < 4.78 is 11.3. The summed E-state index contributed by atoms with van der Waals surface area (Å²) in [7, 11) is 2.89. The topological polar surface area (TPSA) is 138 Å². The number of aromatic hydroxyl groups is 2. The third kappa shape index (κ3) is 3.48. The van der Waals surface area contributed by atoms with Gasteiger partial charge in [0, 0.05) is 6.42 Å². The van der Waals surface area contributed by atoms with Gasteiger partial charge in [0.2, 0.25) is 5.88 Å². The largest absolute Gasteiger partial charge is 0.504 e. The van der Waals surface area contributed by atoms with Gasteiger partial charge in [-0.05, 0) is 29.8 Å². The molecule has 0 saturated carbocycles. The number of aromatic amines is 1. The molecule has 0 radical (unpaired) electrons. The Balaban J connectivity index is 1.74. The minimum atomic E-state index is -0.807. The fourth-order valence-corrected chi connectivity index (χ4v) is 3.54. The van der Waals surface area contributed by atoms with E-state index in [9.17, 15) is 19.8 Å². The maximum Gasteiger partial charge on any atom is 0.335 e. The van der Waals surface area contributed by atoms with Gasteiger partial charge < -0.3 is 25.1 Å². The summed E-state index contributed by atoms with van der Waals surface area (Å²) >= 11 is 0. The molecule has 1 aromatic heterocycles. The summed E-state index contributed by atoms with van der Waals surface area (Å²) in [5, 5.41) is 25.1. The summed E-state index contributed by atoms with van der Waals surface area (Å²) in [4.78, 5) is 27.2. The standard InChI is InChI=1S/C21H20N4O6/c1-30-16-6-4-3-5-14(16)25-20(28)18(19(27)22-21(25)29)13-10-12(23-24-13)11-7-8-17(31-2)15(26)9-11/h3-9,12,23,26,28H,10H2,1-2H3,(H,22,27,29)/t12-/m1/s1. The van der Waals surface area contributed by atoms with E-state index >= 15 is 0 Å². The Kier molecular flexibility index (Phi) is 5.12. The summed E-state index contributed by atoms with van der Waals surface area (Å²) in [5.41, 5.74) is 2.46. The highest BCUT2D eigenvalue weighted by atomic mass is 16.5. The molecule has 3 aromatic rings. The van der Waals surface area contributed by atoms with E-state index in [2.05, 4.69) is 15.5 Å². The van der Waals surface area contributed by atoms with Gasteiger partial charge in [-0.15, -0.1) is 0 Å². The molecule has 0 aliphatic carbocycles. The third-order valence-corrected chi connectivity index (χ3v) is 5.06. The van der Waals surface area contributed by atoms with E-state index < -0.39 is 17.1 Å². The molecule has 0 bridgehead atoms. The first-order valence-corrected chi connectivity index (χ1v) is 9.35. The van der Waals surface area contributed by atoms with Crippen molar-refractivity contribution in [2.75, 3.05) is 14.2 Å². The number of nitrogens with zero attached hydrogens (tertiary/aromatic N) is 2. The molecule has 1 atom stereocenters. The lowest BCUT2D eigenvalue weighted by Gasteiger charge is -2.14. The van der Waals surface area contributed by atoms with E-state index in [1.54, 1.807) is 36.4 Å². The Morgan fingerprint density at radius 3 is 2.52 bits per heavy atom. The molecule has 0 spiro atoms. The molecule has 10 nitrogen and oxygen atoms in total. The molecule has 10 heteroatoms. The van der Waals surface area contributed by atoms with Crippen LogP contribution in [0.2, 0.25) is 0 Å². The van der Waals surface area contributed by atoms with Crippen LogP contribution in [0.4, 0.5) is 0 Å². The van der Waals surface area contributed by atoms with E-state index in [1.165, 1.54) is 20.3 Å². The minimum absolute atomic E-state index is 0.0272. The van der Waals surface area contributed by atoms with Crippen molar-refractivity contribution in [2.24, 2.45) is 5.10 Å². The number of methoxy groups -OCH3 is 2. The van der Waals surface area contributed by atoms with Gasteiger partial charge in [-0.3, -0.25) is 9.78 Å². The van der Waals surface area contributed by atoms with E-state index in [-0.39, 0.29) is 35.2 Å². The van der Waals surface area contributed by atoms with Crippen LogP contribution in [-0.2, 0) is 0 Å². The van der Waals surface area contributed by atoms with Crippen LogP contribution in [-0.4, -0.2) is 39.7 Å². The van der Waals surface area contributed by atoms with Gasteiger partial charge in [-0.25, -0.2) is 9.36 Å². The molecular formula is C21H20N4O6. The summed E-state index contributed by atoms with van der Waals surface area (Å²) in [6, 6.07) is 11.2. The zero-order valence-electron chi connectivity index (χ0n) is 16.7. The molecule has 4 N–H and O–H groups in total. The minimum Gasteiger partial charge on any atom is -0.504 e.